The van der Waals surface area contributed by atoms with Crippen molar-refractivity contribution in [3.8, 4) is 0 Å². The van der Waals surface area contributed by atoms with Gasteiger partial charge in [-0.2, -0.15) is 0 Å². The van der Waals surface area contributed by atoms with Crippen LogP contribution in [0.1, 0.15) is 6.42 Å². The predicted octanol–water partition coefficient (Wildman–Crippen LogP) is -0.650. The Morgan fingerprint density at radius 3 is 2.70 bits per heavy atom. The Labute approximate surface area is 60.4 Å². The molecule has 1 unspecified atom stereocenters. The lowest BCUT2D eigenvalue weighted by atomic mass is 10.3. The van der Waals surface area contributed by atoms with Gasteiger partial charge in [-0.1, -0.05) is 0 Å². The number of rotatable bonds is 6. The van der Waals surface area contributed by atoms with E-state index in [-0.39, 0.29) is 13.4 Å². The molecule has 0 radical (unpaired) electrons. The van der Waals surface area contributed by atoms with Crippen LogP contribution in [0.5, 0.6) is 0 Å². The quantitative estimate of drug-likeness (QED) is 0.390. The second-order valence-corrected chi connectivity index (χ2v) is 1.94. The minimum absolute atomic E-state index is 0.212. The van der Waals surface area contributed by atoms with Gasteiger partial charge in [-0.15, -0.1) is 0 Å². The molecule has 0 rings (SSSR count). The van der Waals surface area contributed by atoms with E-state index in [0.717, 1.165) is 0 Å². The smallest absolute Gasteiger partial charge is 0.146 e. The maximum absolute atomic E-state index is 8.79. The first-order valence-corrected chi connectivity index (χ1v) is 3.17. The standard InChI is InChI=1S/C6H14O4/c1-9-5-10-3-2-6(8)4-7/h6-8H,2-5H2,1H3. The molecule has 0 aromatic heterocycles. The van der Waals surface area contributed by atoms with Crippen molar-refractivity contribution in [3.05, 3.63) is 0 Å². The number of hydrogen-bond donors (Lipinski definition) is 2. The number of aliphatic hydroxyl groups is 2. The summed E-state index contributed by atoms with van der Waals surface area (Å²) in [6.07, 6.45) is -0.225. The maximum Gasteiger partial charge on any atom is 0.146 e. The third-order valence-corrected chi connectivity index (χ3v) is 1.01. The van der Waals surface area contributed by atoms with E-state index in [4.69, 9.17) is 14.9 Å². The third-order valence-electron chi connectivity index (χ3n) is 1.01. The molecular formula is C6H14O4. The van der Waals surface area contributed by atoms with Gasteiger partial charge in [-0.3, -0.25) is 0 Å². The minimum atomic E-state index is -0.670. The van der Waals surface area contributed by atoms with Crippen LogP contribution in [0.15, 0.2) is 0 Å². The van der Waals surface area contributed by atoms with Gasteiger partial charge in [-0.05, 0) is 6.42 Å². The molecule has 0 aromatic carbocycles. The maximum atomic E-state index is 8.79. The van der Waals surface area contributed by atoms with Gasteiger partial charge in [0, 0.05) is 7.11 Å². The molecule has 0 heterocycles. The van der Waals surface area contributed by atoms with E-state index in [1.165, 1.54) is 7.11 Å². The van der Waals surface area contributed by atoms with Crippen molar-refractivity contribution in [2.45, 2.75) is 12.5 Å². The van der Waals surface area contributed by atoms with Crippen molar-refractivity contribution in [2.75, 3.05) is 27.1 Å². The lowest BCUT2D eigenvalue weighted by molar-refractivity contribution is -0.0435. The average molecular weight is 150 g/mol. The van der Waals surface area contributed by atoms with E-state index >= 15 is 0 Å². The van der Waals surface area contributed by atoms with Crippen molar-refractivity contribution in [1.29, 1.82) is 0 Å². The van der Waals surface area contributed by atoms with Crippen LogP contribution in [0.25, 0.3) is 0 Å². The molecule has 10 heavy (non-hydrogen) atoms. The molecule has 0 aliphatic heterocycles. The van der Waals surface area contributed by atoms with Crippen LogP contribution in [0, 0.1) is 0 Å². The van der Waals surface area contributed by atoms with Crippen LogP contribution in [0.2, 0.25) is 0 Å². The Bertz CT molecular complexity index is 66.8. The molecule has 0 fully saturated rings. The SMILES string of the molecule is COCOCCC(O)CO. The topological polar surface area (TPSA) is 58.9 Å². The summed E-state index contributed by atoms with van der Waals surface area (Å²) in [6, 6.07) is 0. The van der Waals surface area contributed by atoms with Crippen LogP contribution in [-0.2, 0) is 9.47 Å². The predicted molar refractivity (Wildman–Crippen MR) is 35.5 cm³/mol. The highest BCUT2D eigenvalue weighted by Gasteiger charge is 1.99. The van der Waals surface area contributed by atoms with Gasteiger partial charge < -0.3 is 19.7 Å². The summed E-state index contributed by atoms with van der Waals surface area (Å²) >= 11 is 0. The van der Waals surface area contributed by atoms with Crippen molar-refractivity contribution < 1.29 is 19.7 Å². The average Bonchev–Trinajstić information content (AvgIpc) is 1.98. The van der Waals surface area contributed by atoms with Crippen molar-refractivity contribution >= 4 is 0 Å². The monoisotopic (exact) mass is 150 g/mol. The second-order valence-electron chi connectivity index (χ2n) is 1.94. The third kappa shape index (κ3) is 5.97. The van der Waals surface area contributed by atoms with E-state index in [0.29, 0.717) is 13.0 Å². The molecule has 62 valence electrons. The van der Waals surface area contributed by atoms with E-state index in [9.17, 15) is 0 Å². The van der Waals surface area contributed by atoms with Crippen molar-refractivity contribution in [3.63, 3.8) is 0 Å². The second kappa shape index (κ2) is 6.95. The molecule has 4 heteroatoms. The molecule has 1 atom stereocenters. The Morgan fingerprint density at radius 1 is 1.50 bits per heavy atom. The number of aliphatic hydroxyl groups excluding tert-OH is 2. The molecule has 2 N–H and O–H groups in total. The molecule has 0 saturated heterocycles. The number of methoxy groups -OCH3 is 1. The van der Waals surface area contributed by atoms with E-state index in [1.54, 1.807) is 0 Å². The first kappa shape index (κ1) is 9.84. The summed E-state index contributed by atoms with van der Waals surface area (Å²) in [5, 5.41) is 17.1. The molecule has 0 aromatic rings. The highest BCUT2D eigenvalue weighted by Crippen LogP contribution is 1.90. The molecule has 0 aliphatic carbocycles. The first-order chi connectivity index (χ1) is 4.81. The van der Waals surface area contributed by atoms with Crippen molar-refractivity contribution in [1.82, 2.24) is 0 Å². The van der Waals surface area contributed by atoms with Crippen LogP contribution in [0.3, 0.4) is 0 Å². The summed E-state index contributed by atoms with van der Waals surface area (Å²) in [6.45, 7) is 0.435. The summed E-state index contributed by atoms with van der Waals surface area (Å²) in [5.41, 5.74) is 0. The zero-order valence-electron chi connectivity index (χ0n) is 6.12. The number of hydrogen-bond acceptors (Lipinski definition) is 4. The van der Waals surface area contributed by atoms with Gasteiger partial charge in [0.2, 0.25) is 0 Å². The fraction of sp³-hybridized carbons (Fsp3) is 1.00. The molecule has 0 amide bonds. The Kier molecular flexibility index (Phi) is 6.84. The van der Waals surface area contributed by atoms with Gasteiger partial charge in [0.05, 0.1) is 19.3 Å². The largest absolute Gasteiger partial charge is 0.394 e. The Morgan fingerprint density at radius 2 is 2.20 bits per heavy atom. The molecule has 4 nitrogen and oxygen atoms in total. The number of ether oxygens (including phenoxy) is 2. The Hall–Kier alpha value is -0.160. The Balaban J connectivity index is 2.89. The summed E-state index contributed by atoms with van der Waals surface area (Å²) in [7, 11) is 1.53. The highest BCUT2D eigenvalue weighted by molar-refractivity contribution is 4.49. The van der Waals surface area contributed by atoms with Gasteiger partial charge in [0.1, 0.15) is 6.79 Å². The summed E-state index contributed by atoms with van der Waals surface area (Å²) in [5.74, 6) is 0. The lowest BCUT2D eigenvalue weighted by Crippen LogP contribution is -2.15. The van der Waals surface area contributed by atoms with Gasteiger partial charge in [0.15, 0.2) is 0 Å². The lowest BCUT2D eigenvalue weighted by Gasteiger charge is -2.06. The molecule has 0 spiro atoms. The van der Waals surface area contributed by atoms with Crippen LogP contribution >= 0.6 is 0 Å². The molecule has 0 aliphatic rings. The van der Waals surface area contributed by atoms with Gasteiger partial charge in [-0.25, -0.2) is 0 Å². The van der Waals surface area contributed by atoms with Crippen LogP contribution in [0.4, 0.5) is 0 Å². The molecule has 0 saturated carbocycles. The van der Waals surface area contributed by atoms with Crippen LogP contribution in [-0.4, -0.2) is 43.4 Å². The van der Waals surface area contributed by atoms with E-state index in [2.05, 4.69) is 4.74 Å². The minimum Gasteiger partial charge on any atom is -0.394 e. The molecular weight excluding hydrogens is 136 g/mol. The van der Waals surface area contributed by atoms with Gasteiger partial charge >= 0.3 is 0 Å². The highest BCUT2D eigenvalue weighted by atomic mass is 16.7. The first-order valence-electron chi connectivity index (χ1n) is 3.17. The van der Waals surface area contributed by atoms with Crippen molar-refractivity contribution in [2.24, 2.45) is 0 Å². The van der Waals surface area contributed by atoms with Crippen LogP contribution < -0.4 is 0 Å². The van der Waals surface area contributed by atoms with E-state index < -0.39 is 6.10 Å². The summed E-state index contributed by atoms with van der Waals surface area (Å²) < 4.78 is 9.45. The molecule has 0 bridgehead atoms. The summed E-state index contributed by atoms with van der Waals surface area (Å²) in [4.78, 5) is 0. The fourth-order valence-electron chi connectivity index (χ4n) is 0.453. The van der Waals surface area contributed by atoms with E-state index in [1.807, 2.05) is 0 Å². The zero-order chi connectivity index (χ0) is 7.82. The normalized spacial score (nSPS) is 13.5. The zero-order valence-corrected chi connectivity index (χ0v) is 6.12. The van der Waals surface area contributed by atoms with Gasteiger partial charge in [0.25, 0.3) is 0 Å². The fourth-order valence-corrected chi connectivity index (χ4v) is 0.453.